The number of rotatable bonds is 2. The first-order valence-electron chi connectivity index (χ1n) is 8.88. The van der Waals surface area contributed by atoms with Crippen LogP contribution in [0.15, 0.2) is 52.3 Å². The smallest absolute Gasteiger partial charge is 0.206 e. The summed E-state index contributed by atoms with van der Waals surface area (Å²) >= 11 is 0. The standard InChI is InChI=1S/C20H24N2O2S/c1-14-3-5-15(6-4-14)25(23,24)16-7-8-19-18(13-16)17-9-11-21-12-10-20(17)22(19)2/h3-8,13,17,20-21H,9-12H2,1-2H3/t17-,20?/m0/s1. The minimum absolute atomic E-state index is 0.364. The molecule has 132 valence electrons. The molecule has 0 aliphatic carbocycles. The van der Waals surface area contributed by atoms with Gasteiger partial charge in [-0.15, -0.1) is 0 Å². The predicted molar refractivity (Wildman–Crippen MR) is 100 cm³/mol. The molecule has 2 aliphatic heterocycles. The van der Waals surface area contributed by atoms with Crippen molar-refractivity contribution < 1.29 is 8.42 Å². The number of fused-ring (bicyclic) bond motifs is 3. The van der Waals surface area contributed by atoms with E-state index >= 15 is 0 Å². The summed E-state index contributed by atoms with van der Waals surface area (Å²) < 4.78 is 26.1. The van der Waals surface area contributed by atoms with Gasteiger partial charge in [0.2, 0.25) is 9.84 Å². The van der Waals surface area contributed by atoms with Crippen molar-refractivity contribution in [3.8, 4) is 0 Å². The van der Waals surface area contributed by atoms with Gasteiger partial charge in [0.05, 0.1) is 9.79 Å². The highest BCUT2D eigenvalue weighted by atomic mass is 32.2. The molecule has 2 aliphatic rings. The van der Waals surface area contributed by atoms with Gasteiger partial charge >= 0.3 is 0 Å². The molecule has 0 bridgehead atoms. The second-order valence-corrected chi connectivity index (χ2v) is 9.10. The third-order valence-electron chi connectivity index (χ3n) is 5.63. The number of nitrogens with zero attached hydrogens (tertiary/aromatic N) is 1. The Kier molecular flexibility index (Phi) is 4.08. The first-order valence-corrected chi connectivity index (χ1v) is 10.4. The molecule has 0 aromatic heterocycles. The Morgan fingerprint density at radius 3 is 2.44 bits per heavy atom. The molecule has 5 heteroatoms. The van der Waals surface area contributed by atoms with Crippen LogP contribution < -0.4 is 10.2 Å². The highest BCUT2D eigenvalue weighted by Crippen LogP contribution is 2.44. The van der Waals surface area contributed by atoms with E-state index in [4.69, 9.17) is 0 Å². The minimum atomic E-state index is -3.48. The van der Waals surface area contributed by atoms with Crippen LogP contribution in [0.25, 0.3) is 0 Å². The molecule has 2 aromatic carbocycles. The number of hydrogen-bond acceptors (Lipinski definition) is 4. The fourth-order valence-electron chi connectivity index (χ4n) is 4.20. The van der Waals surface area contributed by atoms with E-state index < -0.39 is 9.84 Å². The van der Waals surface area contributed by atoms with E-state index in [2.05, 4.69) is 17.3 Å². The maximum atomic E-state index is 13.0. The molecule has 4 rings (SSSR count). The molecule has 1 N–H and O–H groups in total. The molecule has 2 aromatic rings. The number of aryl methyl sites for hydroxylation is 1. The highest BCUT2D eigenvalue weighted by Gasteiger charge is 2.37. The second kappa shape index (κ2) is 6.15. The molecular weight excluding hydrogens is 332 g/mol. The normalized spacial score (nSPS) is 23.0. The monoisotopic (exact) mass is 356 g/mol. The fourth-order valence-corrected chi connectivity index (χ4v) is 5.50. The zero-order valence-electron chi connectivity index (χ0n) is 14.7. The summed E-state index contributed by atoms with van der Waals surface area (Å²) in [5.74, 6) is 0.406. The molecule has 4 nitrogen and oxygen atoms in total. The van der Waals surface area contributed by atoms with Crippen LogP contribution in [-0.4, -0.2) is 34.6 Å². The largest absolute Gasteiger partial charge is 0.371 e. The van der Waals surface area contributed by atoms with Gasteiger partial charge in [0.1, 0.15) is 0 Å². The van der Waals surface area contributed by atoms with E-state index in [0.29, 0.717) is 21.8 Å². The molecule has 2 heterocycles. The van der Waals surface area contributed by atoms with E-state index in [1.807, 2.05) is 31.2 Å². The van der Waals surface area contributed by atoms with Crippen LogP contribution >= 0.6 is 0 Å². The number of anilines is 1. The Bertz CT molecular complexity index is 890. The van der Waals surface area contributed by atoms with Crippen molar-refractivity contribution in [2.45, 2.75) is 41.5 Å². The molecule has 2 atom stereocenters. The van der Waals surface area contributed by atoms with Gasteiger partial charge in [-0.1, -0.05) is 17.7 Å². The Morgan fingerprint density at radius 2 is 1.68 bits per heavy atom. The van der Waals surface area contributed by atoms with E-state index in [0.717, 1.165) is 31.5 Å². The molecule has 1 saturated heterocycles. The van der Waals surface area contributed by atoms with Crippen molar-refractivity contribution in [1.82, 2.24) is 5.32 Å². The lowest BCUT2D eigenvalue weighted by Crippen LogP contribution is -2.30. The summed E-state index contributed by atoms with van der Waals surface area (Å²) in [6, 6.07) is 13.2. The Hall–Kier alpha value is -1.85. The summed E-state index contributed by atoms with van der Waals surface area (Å²) in [5, 5.41) is 3.46. The lowest BCUT2D eigenvalue weighted by atomic mass is 9.91. The first kappa shape index (κ1) is 16.6. The van der Waals surface area contributed by atoms with Crippen molar-refractivity contribution in [3.63, 3.8) is 0 Å². The average molecular weight is 356 g/mol. The SMILES string of the molecule is Cc1ccc(S(=O)(=O)c2ccc3c(c2)[C@@H]2CCNCCC2N3C)cc1. The van der Waals surface area contributed by atoms with Crippen molar-refractivity contribution in [1.29, 1.82) is 0 Å². The van der Waals surface area contributed by atoms with Gasteiger partial charge in [-0.3, -0.25) is 0 Å². The van der Waals surface area contributed by atoms with Gasteiger partial charge in [-0.2, -0.15) is 0 Å². The van der Waals surface area contributed by atoms with Gasteiger partial charge in [-0.25, -0.2) is 8.42 Å². The van der Waals surface area contributed by atoms with E-state index in [9.17, 15) is 8.42 Å². The summed E-state index contributed by atoms with van der Waals surface area (Å²) in [4.78, 5) is 3.10. The average Bonchev–Trinajstić information content (AvgIpc) is 2.78. The van der Waals surface area contributed by atoms with Crippen LogP contribution in [0.2, 0.25) is 0 Å². The lowest BCUT2D eigenvalue weighted by Gasteiger charge is -2.24. The van der Waals surface area contributed by atoms with E-state index in [-0.39, 0.29) is 0 Å². The lowest BCUT2D eigenvalue weighted by molar-refractivity contribution is 0.531. The van der Waals surface area contributed by atoms with Gasteiger partial charge in [0.15, 0.2) is 0 Å². The van der Waals surface area contributed by atoms with E-state index in [1.165, 1.54) is 11.3 Å². The molecule has 0 radical (unpaired) electrons. The van der Waals surface area contributed by atoms with Gasteiger partial charge in [0, 0.05) is 24.7 Å². The maximum Gasteiger partial charge on any atom is 0.206 e. The maximum absolute atomic E-state index is 13.0. The Labute approximate surface area is 149 Å². The second-order valence-electron chi connectivity index (χ2n) is 7.15. The van der Waals surface area contributed by atoms with Gasteiger partial charge < -0.3 is 10.2 Å². The number of sulfone groups is 1. The molecule has 0 spiro atoms. The molecule has 0 saturated carbocycles. The van der Waals surface area contributed by atoms with Crippen molar-refractivity contribution in [2.24, 2.45) is 0 Å². The topological polar surface area (TPSA) is 49.4 Å². The summed E-state index contributed by atoms with van der Waals surface area (Å²) in [5.41, 5.74) is 3.42. The summed E-state index contributed by atoms with van der Waals surface area (Å²) in [7, 11) is -1.35. The quantitative estimate of drug-likeness (QED) is 0.898. The third kappa shape index (κ3) is 2.75. The number of likely N-dealkylation sites (N-methyl/N-ethyl adjacent to an activating group) is 1. The Balaban J connectivity index is 1.77. The number of benzene rings is 2. The van der Waals surface area contributed by atoms with Crippen LogP contribution in [-0.2, 0) is 9.84 Å². The van der Waals surface area contributed by atoms with Crippen LogP contribution in [0.1, 0.15) is 29.9 Å². The molecular formula is C20H24N2O2S. The number of nitrogens with one attached hydrogen (secondary N) is 1. The zero-order chi connectivity index (χ0) is 17.6. The molecule has 0 amide bonds. The fraction of sp³-hybridized carbons (Fsp3) is 0.400. The van der Waals surface area contributed by atoms with Crippen molar-refractivity contribution in [3.05, 3.63) is 53.6 Å². The van der Waals surface area contributed by atoms with Crippen molar-refractivity contribution >= 4 is 15.5 Å². The van der Waals surface area contributed by atoms with Gasteiger partial charge in [0.25, 0.3) is 0 Å². The summed E-state index contributed by atoms with van der Waals surface area (Å²) in [6.07, 6.45) is 2.14. The predicted octanol–water partition coefficient (Wildman–Crippen LogP) is 3.11. The highest BCUT2D eigenvalue weighted by molar-refractivity contribution is 7.91. The zero-order valence-corrected chi connectivity index (χ0v) is 15.5. The minimum Gasteiger partial charge on any atom is -0.371 e. The van der Waals surface area contributed by atoms with E-state index in [1.54, 1.807) is 18.2 Å². The van der Waals surface area contributed by atoms with Gasteiger partial charge in [-0.05, 0) is 68.8 Å². The first-order chi connectivity index (χ1) is 12.0. The molecule has 1 unspecified atom stereocenters. The van der Waals surface area contributed by atoms with Crippen LogP contribution in [0.3, 0.4) is 0 Å². The van der Waals surface area contributed by atoms with Crippen LogP contribution in [0.5, 0.6) is 0 Å². The Morgan fingerprint density at radius 1 is 1.00 bits per heavy atom. The number of hydrogen-bond donors (Lipinski definition) is 1. The summed E-state index contributed by atoms with van der Waals surface area (Å²) in [6.45, 7) is 3.97. The van der Waals surface area contributed by atoms with Crippen molar-refractivity contribution in [2.75, 3.05) is 25.0 Å². The molecule has 25 heavy (non-hydrogen) atoms. The third-order valence-corrected chi connectivity index (χ3v) is 7.40. The van der Waals surface area contributed by atoms with Crippen LogP contribution in [0.4, 0.5) is 5.69 Å². The molecule has 1 fully saturated rings. The van der Waals surface area contributed by atoms with Crippen LogP contribution in [0, 0.1) is 6.92 Å².